The Bertz CT molecular complexity index is 452. The Morgan fingerprint density at radius 3 is 2.76 bits per heavy atom. The third kappa shape index (κ3) is 2.02. The maximum absolute atomic E-state index is 8.95. The van der Waals surface area contributed by atoms with Crippen LogP contribution in [0.3, 0.4) is 0 Å². The summed E-state index contributed by atoms with van der Waals surface area (Å²) in [6.07, 6.45) is 6.78. The zero-order valence-corrected chi connectivity index (χ0v) is 10.1. The summed E-state index contributed by atoms with van der Waals surface area (Å²) in [5.74, 6) is 1.68. The van der Waals surface area contributed by atoms with Crippen molar-refractivity contribution in [3.63, 3.8) is 0 Å². The van der Waals surface area contributed by atoms with Gasteiger partial charge in [0.25, 0.3) is 0 Å². The second-order valence-electron chi connectivity index (χ2n) is 5.37. The van der Waals surface area contributed by atoms with Gasteiger partial charge in [0, 0.05) is 12.2 Å². The number of anilines is 1. The van der Waals surface area contributed by atoms with Gasteiger partial charge < -0.3 is 5.32 Å². The molecule has 1 N–H and O–H groups in total. The van der Waals surface area contributed by atoms with Crippen LogP contribution in [0.1, 0.15) is 36.8 Å². The molecule has 0 saturated heterocycles. The van der Waals surface area contributed by atoms with Crippen LogP contribution in [0, 0.1) is 23.2 Å². The number of hydrogen-bond acceptors (Lipinski definition) is 2. The largest absolute Gasteiger partial charge is 0.385 e. The summed E-state index contributed by atoms with van der Waals surface area (Å²) in [7, 11) is 0. The lowest BCUT2D eigenvalue weighted by Gasteiger charge is -2.30. The number of rotatable bonds is 1. The number of fused-ring (bicyclic) bond motifs is 1. The molecular formula is C15H18N2. The molecule has 2 aliphatic rings. The van der Waals surface area contributed by atoms with Gasteiger partial charge in [-0.2, -0.15) is 5.26 Å². The Hall–Kier alpha value is -1.49. The van der Waals surface area contributed by atoms with Gasteiger partial charge in [-0.25, -0.2) is 0 Å². The average molecular weight is 226 g/mol. The molecule has 1 atom stereocenters. The molecule has 1 heterocycles. The summed E-state index contributed by atoms with van der Waals surface area (Å²) in [5, 5.41) is 12.5. The van der Waals surface area contributed by atoms with Gasteiger partial charge in [-0.15, -0.1) is 0 Å². The highest BCUT2D eigenvalue weighted by atomic mass is 14.9. The Morgan fingerprint density at radius 1 is 1.18 bits per heavy atom. The van der Waals surface area contributed by atoms with Gasteiger partial charge in [0.05, 0.1) is 11.6 Å². The van der Waals surface area contributed by atoms with E-state index in [2.05, 4.69) is 23.5 Å². The SMILES string of the molecule is N#Cc1ccc2c(c1)CC(C1CCCC1)CN2. The van der Waals surface area contributed by atoms with Crippen molar-refractivity contribution in [2.75, 3.05) is 11.9 Å². The average Bonchev–Trinajstić information content (AvgIpc) is 2.91. The van der Waals surface area contributed by atoms with E-state index in [4.69, 9.17) is 5.26 Å². The minimum Gasteiger partial charge on any atom is -0.385 e. The Kier molecular flexibility index (Phi) is 2.76. The van der Waals surface area contributed by atoms with Crippen LogP contribution in [0.4, 0.5) is 5.69 Å². The van der Waals surface area contributed by atoms with Crippen molar-refractivity contribution in [1.29, 1.82) is 5.26 Å². The van der Waals surface area contributed by atoms with E-state index in [0.29, 0.717) is 0 Å². The molecule has 17 heavy (non-hydrogen) atoms. The van der Waals surface area contributed by atoms with Crippen molar-refractivity contribution in [1.82, 2.24) is 0 Å². The van der Waals surface area contributed by atoms with Crippen LogP contribution in [-0.4, -0.2) is 6.54 Å². The third-order valence-corrected chi connectivity index (χ3v) is 4.34. The van der Waals surface area contributed by atoms with E-state index in [1.165, 1.54) is 36.9 Å². The molecule has 88 valence electrons. The van der Waals surface area contributed by atoms with Gasteiger partial charge in [-0.3, -0.25) is 0 Å². The minimum absolute atomic E-state index is 0.777. The van der Waals surface area contributed by atoms with E-state index < -0.39 is 0 Å². The van der Waals surface area contributed by atoms with E-state index in [1.807, 2.05) is 6.07 Å². The maximum atomic E-state index is 8.95. The van der Waals surface area contributed by atoms with Crippen molar-refractivity contribution in [3.05, 3.63) is 29.3 Å². The minimum atomic E-state index is 0.777. The third-order valence-electron chi connectivity index (χ3n) is 4.34. The second-order valence-corrected chi connectivity index (χ2v) is 5.37. The summed E-state index contributed by atoms with van der Waals surface area (Å²) in [6, 6.07) is 8.25. The van der Waals surface area contributed by atoms with Crippen LogP contribution in [0.5, 0.6) is 0 Å². The zero-order chi connectivity index (χ0) is 11.7. The van der Waals surface area contributed by atoms with E-state index in [0.717, 1.165) is 30.4 Å². The molecule has 0 radical (unpaired) electrons. The number of nitrogens with zero attached hydrogens (tertiary/aromatic N) is 1. The van der Waals surface area contributed by atoms with E-state index >= 15 is 0 Å². The van der Waals surface area contributed by atoms with Crippen molar-refractivity contribution < 1.29 is 0 Å². The molecular weight excluding hydrogens is 208 g/mol. The van der Waals surface area contributed by atoms with Crippen LogP contribution < -0.4 is 5.32 Å². The monoisotopic (exact) mass is 226 g/mol. The summed E-state index contributed by atoms with van der Waals surface area (Å²) in [4.78, 5) is 0. The van der Waals surface area contributed by atoms with Gasteiger partial charge in [-0.1, -0.05) is 25.7 Å². The predicted molar refractivity (Wildman–Crippen MR) is 68.8 cm³/mol. The van der Waals surface area contributed by atoms with Crippen molar-refractivity contribution in [3.8, 4) is 6.07 Å². The molecule has 1 saturated carbocycles. The van der Waals surface area contributed by atoms with Crippen LogP contribution in [0.25, 0.3) is 0 Å². The topological polar surface area (TPSA) is 35.8 Å². The standard InChI is InChI=1S/C15H18N2/c16-9-11-5-6-15-13(7-11)8-14(10-17-15)12-3-1-2-4-12/h5-7,12,14,17H,1-4,8,10H2. The Morgan fingerprint density at radius 2 is 2.00 bits per heavy atom. The van der Waals surface area contributed by atoms with Crippen molar-refractivity contribution >= 4 is 5.69 Å². The van der Waals surface area contributed by atoms with Crippen molar-refractivity contribution in [2.24, 2.45) is 11.8 Å². The zero-order valence-electron chi connectivity index (χ0n) is 10.1. The van der Waals surface area contributed by atoms with E-state index in [-0.39, 0.29) is 0 Å². The first kappa shape index (κ1) is 10.7. The number of benzene rings is 1. The first-order chi connectivity index (χ1) is 8.36. The Balaban J connectivity index is 1.81. The lowest BCUT2D eigenvalue weighted by molar-refractivity contribution is 0.346. The van der Waals surface area contributed by atoms with Crippen LogP contribution >= 0.6 is 0 Å². The highest BCUT2D eigenvalue weighted by molar-refractivity contribution is 5.56. The highest BCUT2D eigenvalue weighted by Gasteiger charge is 2.28. The Labute approximate surface area is 103 Å². The summed E-state index contributed by atoms with van der Waals surface area (Å²) < 4.78 is 0. The molecule has 1 unspecified atom stereocenters. The van der Waals surface area contributed by atoms with Gasteiger partial charge in [0.15, 0.2) is 0 Å². The number of hydrogen-bond donors (Lipinski definition) is 1. The molecule has 0 amide bonds. The number of nitrogens with one attached hydrogen (secondary N) is 1. The molecule has 1 fully saturated rings. The second kappa shape index (κ2) is 4.41. The fourth-order valence-corrected chi connectivity index (χ4v) is 3.36. The van der Waals surface area contributed by atoms with Gasteiger partial charge in [0.1, 0.15) is 0 Å². The quantitative estimate of drug-likeness (QED) is 0.797. The normalized spacial score (nSPS) is 23.8. The molecule has 1 aromatic rings. The molecule has 1 aromatic carbocycles. The fraction of sp³-hybridized carbons (Fsp3) is 0.533. The maximum Gasteiger partial charge on any atom is 0.0991 e. The van der Waals surface area contributed by atoms with Crippen molar-refractivity contribution in [2.45, 2.75) is 32.1 Å². The fourth-order valence-electron chi connectivity index (χ4n) is 3.36. The molecule has 0 spiro atoms. The lowest BCUT2D eigenvalue weighted by Crippen LogP contribution is -2.28. The molecule has 3 rings (SSSR count). The molecule has 1 aliphatic carbocycles. The molecule has 0 aromatic heterocycles. The molecule has 2 heteroatoms. The lowest BCUT2D eigenvalue weighted by atomic mass is 9.82. The van der Waals surface area contributed by atoms with Crippen LogP contribution in [-0.2, 0) is 6.42 Å². The van der Waals surface area contributed by atoms with E-state index in [9.17, 15) is 0 Å². The van der Waals surface area contributed by atoms with E-state index in [1.54, 1.807) is 0 Å². The van der Waals surface area contributed by atoms with Gasteiger partial charge in [0.2, 0.25) is 0 Å². The van der Waals surface area contributed by atoms with Gasteiger partial charge >= 0.3 is 0 Å². The summed E-state index contributed by atoms with van der Waals surface area (Å²) in [5.41, 5.74) is 3.36. The summed E-state index contributed by atoms with van der Waals surface area (Å²) >= 11 is 0. The highest BCUT2D eigenvalue weighted by Crippen LogP contribution is 2.37. The van der Waals surface area contributed by atoms with Crippen LogP contribution in [0.2, 0.25) is 0 Å². The molecule has 1 aliphatic heterocycles. The number of nitriles is 1. The summed E-state index contributed by atoms with van der Waals surface area (Å²) in [6.45, 7) is 1.11. The van der Waals surface area contributed by atoms with Gasteiger partial charge in [-0.05, 0) is 42.0 Å². The molecule has 2 nitrogen and oxygen atoms in total. The smallest absolute Gasteiger partial charge is 0.0991 e. The predicted octanol–water partition coefficient (Wildman–Crippen LogP) is 3.33. The first-order valence-electron chi connectivity index (χ1n) is 6.64. The van der Waals surface area contributed by atoms with Crippen LogP contribution in [0.15, 0.2) is 18.2 Å². The molecule has 0 bridgehead atoms. The first-order valence-corrected chi connectivity index (χ1v) is 6.64.